The lowest BCUT2D eigenvalue weighted by atomic mass is 9.12. The number of aromatic nitrogens is 2. The van der Waals surface area contributed by atoms with E-state index in [4.69, 9.17) is 4.74 Å². The summed E-state index contributed by atoms with van der Waals surface area (Å²) < 4.78 is 302. The van der Waals surface area contributed by atoms with Crippen molar-refractivity contribution in [1.29, 1.82) is 0 Å². The fourth-order valence-electron chi connectivity index (χ4n) is 7.80. The van der Waals surface area contributed by atoms with E-state index < -0.39 is 150 Å². The van der Waals surface area contributed by atoms with Gasteiger partial charge in [0.15, 0.2) is 82.5 Å². The number of esters is 1. The molecule has 1 aromatic heterocycles. The van der Waals surface area contributed by atoms with Crippen molar-refractivity contribution in [2.24, 2.45) is 0 Å². The van der Waals surface area contributed by atoms with Crippen LogP contribution in [0.4, 0.5) is 87.8 Å². The van der Waals surface area contributed by atoms with Gasteiger partial charge in [0.25, 0.3) is 0 Å². The van der Waals surface area contributed by atoms with Crippen LogP contribution in [0, 0.1) is 116 Å². The Hall–Kier alpha value is -7.73. The standard InChI is InChI=1S/C24BF20.C21H17N2O2/c26-5-1(6(27)14(35)21(42)13(5)34)25(2-7(28)15(36)22(43)16(37)8(2)29,3-9(30)17(38)23(44)18(39)10(3)31)4-11(32)19(40)24(45)20(41)12(4)33;24-21(25-20-11-10-17-8-4-5-9-18(17)20)19-15-23(13-12-22-19)14-16-6-2-1-3-7-16/h;1-13,15,20H,14H2/q-1;+1. The Morgan fingerprint density at radius 3 is 1.20 bits per heavy atom. The van der Waals surface area contributed by atoms with E-state index in [-0.39, 0.29) is 6.10 Å². The van der Waals surface area contributed by atoms with E-state index in [1.54, 1.807) is 12.4 Å². The van der Waals surface area contributed by atoms with Gasteiger partial charge >= 0.3 is 5.97 Å². The minimum atomic E-state index is -7.22. The van der Waals surface area contributed by atoms with Gasteiger partial charge in [-0.2, -0.15) is 4.57 Å². The predicted molar refractivity (Wildman–Crippen MR) is 203 cm³/mol. The predicted octanol–water partition coefficient (Wildman–Crippen LogP) is 9.19. The van der Waals surface area contributed by atoms with Gasteiger partial charge in [-0.05, 0) is 11.6 Å². The maximum atomic E-state index is 15.4. The third kappa shape index (κ3) is 8.04. The summed E-state index contributed by atoms with van der Waals surface area (Å²) in [6, 6.07) is 18.0. The number of benzene rings is 6. The second-order valence-corrected chi connectivity index (χ2v) is 14.7. The van der Waals surface area contributed by atoms with Crippen LogP contribution in [-0.4, -0.2) is 17.1 Å². The first kappa shape index (κ1) is 50.2. The molecule has 1 aliphatic rings. The fraction of sp³-hybridized carbons (Fsp3) is 0.0444. The average Bonchev–Trinajstić information content (AvgIpc) is 3.76. The number of nitrogens with zero attached hydrogens (tertiary/aromatic N) is 2. The largest absolute Gasteiger partial charge is 0.448 e. The molecule has 1 heterocycles. The lowest BCUT2D eigenvalue weighted by Gasteiger charge is -2.44. The van der Waals surface area contributed by atoms with Crippen LogP contribution in [0.2, 0.25) is 0 Å². The molecule has 0 saturated heterocycles. The minimum absolute atomic E-state index is 0.302. The molecule has 25 heteroatoms. The van der Waals surface area contributed by atoms with Crippen LogP contribution in [0.25, 0.3) is 6.08 Å². The van der Waals surface area contributed by atoms with Gasteiger partial charge in [0.1, 0.15) is 58.8 Å². The van der Waals surface area contributed by atoms with E-state index in [9.17, 15) is 57.5 Å². The van der Waals surface area contributed by atoms with Crippen LogP contribution in [0.1, 0.15) is 33.3 Å². The first-order chi connectivity index (χ1) is 33.0. The Bertz CT molecular complexity index is 2940. The molecule has 0 saturated carbocycles. The van der Waals surface area contributed by atoms with Crippen LogP contribution in [-0.2, 0) is 11.3 Å². The third-order valence-electron chi connectivity index (χ3n) is 10.9. The second-order valence-electron chi connectivity index (χ2n) is 14.7. The Labute approximate surface area is 377 Å². The molecule has 0 bridgehead atoms. The average molecular weight is 1010 g/mol. The van der Waals surface area contributed by atoms with Crippen LogP contribution in [0.15, 0.2) is 79.3 Å². The van der Waals surface area contributed by atoms with Gasteiger partial charge in [-0.3, -0.25) is 0 Å². The topological polar surface area (TPSA) is 43.1 Å². The SMILES string of the molecule is Fc1c(F)c(F)c([B-](c2c(F)c(F)c(F)c(F)c2F)(c2c(F)c(F)c(F)c(F)c2F)c2c(F)c(F)c(F)c(F)c2F)c(F)c1F.O=C(OC1C=Cc2ccccc21)c1c[n+](Cc2ccccc2)ccn1. The molecule has 0 radical (unpaired) electrons. The number of rotatable bonds is 8. The van der Waals surface area contributed by atoms with Crippen molar-refractivity contribution in [1.82, 2.24) is 4.98 Å². The zero-order valence-electron chi connectivity index (χ0n) is 33.7. The van der Waals surface area contributed by atoms with E-state index in [1.165, 1.54) is 0 Å². The Morgan fingerprint density at radius 2 is 0.814 bits per heavy atom. The molecule has 70 heavy (non-hydrogen) atoms. The van der Waals surface area contributed by atoms with Gasteiger partial charge < -0.3 is 4.74 Å². The van der Waals surface area contributed by atoms with Crippen molar-refractivity contribution in [2.45, 2.75) is 12.6 Å². The van der Waals surface area contributed by atoms with E-state index >= 15 is 35.1 Å². The molecule has 0 spiro atoms. The summed E-state index contributed by atoms with van der Waals surface area (Å²) in [5, 5.41) is 0. The number of hydrogen-bond donors (Lipinski definition) is 0. The Balaban J connectivity index is 0.000000242. The molecular weight excluding hydrogens is 991 g/mol. The Morgan fingerprint density at radius 1 is 0.471 bits per heavy atom. The quantitative estimate of drug-likeness (QED) is 0.0381. The summed E-state index contributed by atoms with van der Waals surface area (Å²) in [6.07, 6.45) is 1.48. The van der Waals surface area contributed by atoms with E-state index in [1.807, 2.05) is 77.5 Å². The zero-order chi connectivity index (χ0) is 51.4. The summed E-state index contributed by atoms with van der Waals surface area (Å²) in [5.41, 5.74) is -10.8. The summed E-state index contributed by atoms with van der Waals surface area (Å²) in [6.45, 7) is 0.676. The zero-order valence-corrected chi connectivity index (χ0v) is 33.7. The van der Waals surface area contributed by atoms with Gasteiger partial charge in [-0.15, -0.1) is 21.9 Å². The van der Waals surface area contributed by atoms with E-state index in [2.05, 4.69) is 4.98 Å². The van der Waals surface area contributed by atoms with Crippen LogP contribution < -0.4 is 26.4 Å². The van der Waals surface area contributed by atoms with Gasteiger partial charge in [-0.1, -0.05) is 60.7 Å². The molecule has 1 aliphatic carbocycles. The Kier molecular flexibility index (Phi) is 13.6. The van der Waals surface area contributed by atoms with Gasteiger partial charge in [-0.25, -0.2) is 97.6 Å². The number of hydrogen-bond acceptors (Lipinski definition) is 3. The van der Waals surface area contributed by atoms with Crippen molar-refractivity contribution in [3.8, 4) is 0 Å². The molecule has 0 amide bonds. The monoisotopic (exact) mass is 1010 g/mol. The van der Waals surface area contributed by atoms with Gasteiger partial charge in [0, 0.05) is 11.1 Å². The minimum Gasteiger partial charge on any atom is -0.448 e. The molecule has 7 aromatic rings. The highest BCUT2D eigenvalue weighted by molar-refractivity contribution is 7.20. The third-order valence-corrected chi connectivity index (χ3v) is 10.9. The molecule has 0 N–H and O–H groups in total. The molecular formula is C45H17BF20N2O2. The van der Waals surface area contributed by atoms with Crippen molar-refractivity contribution < 1.29 is 102 Å². The maximum absolute atomic E-state index is 15.4. The van der Waals surface area contributed by atoms with Crippen molar-refractivity contribution >= 4 is 40.0 Å². The first-order valence-corrected chi connectivity index (χ1v) is 19.1. The van der Waals surface area contributed by atoms with Crippen molar-refractivity contribution in [3.05, 3.63) is 218 Å². The smallest absolute Gasteiger partial charge is 0.364 e. The van der Waals surface area contributed by atoms with Crippen LogP contribution >= 0.6 is 0 Å². The molecule has 362 valence electrons. The molecule has 0 fully saturated rings. The number of ether oxygens (including phenoxy) is 1. The lowest BCUT2D eigenvalue weighted by Crippen LogP contribution is -2.81. The molecule has 1 unspecified atom stereocenters. The fourth-order valence-corrected chi connectivity index (χ4v) is 7.80. The highest BCUT2D eigenvalue weighted by Crippen LogP contribution is 2.33. The summed E-state index contributed by atoms with van der Waals surface area (Å²) >= 11 is 0. The molecule has 6 aromatic carbocycles. The highest BCUT2D eigenvalue weighted by Gasteiger charge is 2.52. The molecule has 4 nitrogen and oxygen atoms in total. The number of carbonyl (C=O) groups is 1. The molecule has 8 rings (SSSR count). The lowest BCUT2D eigenvalue weighted by molar-refractivity contribution is -0.689. The number of halogens is 20. The van der Waals surface area contributed by atoms with Crippen molar-refractivity contribution in [3.63, 3.8) is 0 Å². The second kappa shape index (κ2) is 19.0. The highest BCUT2D eigenvalue weighted by atomic mass is 19.2. The van der Waals surface area contributed by atoms with E-state index in [0.717, 1.165) is 16.7 Å². The van der Waals surface area contributed by atoms with E-state index in [0.29, 0.717) is 12.2 Å². The normalized spacial score (nSPS) is 13.1. The first-order valence-electron chi connectivity index (χ1n) is 19.1. The van der Waals surface area contributed by atoms with Gasteiger partial charge in [0.2, 0.25) is 11.9 Å². The summed E-state index contributed by atoms with van der Waals surface area (Å²) in [4.78, 5) is 16.6. The van der Waals surface area contributed by atoms with Crippen LogP contribution in [0.5, 0.6) is 0 Å². The van der Waals surface area contributed by atoms with Crippen LogP contribution in [0.3, 0.4) is 0 Å². The van der Waals surface area contributed by atoms with Crippen molar-refractivity contribution in [2.75, 3.05) is 0 Å². The molecule has 1 atom stereocenters. The van der Waals surface area contributed by atoms with Gasteiger partial charge in [0.05, 0.1) is 6.20 Å². The number of fused-ring (bicyclic) bond motifs is 1. The summed E-state index contributed by atoms with van der Waals surface area (Å²) in [7, 11) is 0. The summed E-state index contributed by atoms with van der Waals surface area (Å²) in [5.74, 6) is -71.8. The maximum Gasteiger partial charge on any atom is 0.364 e. The molecule has 0 aliphatic heterocycles. The number of carbonyl (C=O) groups excluding carboxylic acids is 1.